The maximum atomic E-state index is 5.45. The number of nitrogens with one attached hydrogen (secondary N) is 1. The maximum absolute atomic E-state index is 5.45. The standard InChI is InChI=1S/C10H22N4/c1-3-6-9-7-4-5-8-14(9)10(12-2)13-11/h9H,3-8,11H2,1-2H3,(H,12,13). The molecule has 1 aliphatic rings. The number of piperidine rings is 1. The molecule has 0 amide bonds. The van der Waals surface area contributed by atoms with Gasteiger partial charge in [0.05, 0.1) is 0 Å². The van der Waals surface area contributed by atoms with Crippen LogP contribution in [0, 0.1) is 0 Å². The van der Waals surface area contributed by atoms with E-state index in [1.807, 2.05) is 0 Å². The summed E-state index contributed by atoms with van der Waals surface area (Å²) in [5.74, 6) is 6.29. The van der Waals surface area contributed by atoms with Crippen LogP contribution < -0.4 is 11.3 Å². The van der Waals surface area contributed by atoms with Crippen LogP contribution >= 0.6 is 0 Å². The highest BCUT2D eigenvalue weighted by atomic mass is 15.4. The largest absolute Gasteiger partial charge is 0.339 e. The third kappa shape index (κ3) is 2.61. The fraction of sp³-hybridized carbons (Fsp3) is 0.900. The van der Waals surface area contributed by atoms with Crippen molar-refractivity contribution in [3.05, 3.63) is 0 Å². The van der Waals surface area contributed by atoms with Crippen molar-refractivity contribution in [3.8, 4) is 0 Å². The Morgan fingerprint density at radius 2 is 2.36 bits per heavy atom. The van der Waals surface area contributed by atoms with Crippen LogP contribution in [0.25, 0.3) is 0 Å². The third-order valence-corrected chi connectivity index (χ3v) is 2.86. The fourth-order valence-corrected chi connectivity index (χ4v) is 2.19. The van der Waals surface area contributed by atoms with Crippen LogP contribution in [0.1, 0.15) is 39.0 Å². The van der Waals surface area contributed by atoms with Crippen LogP contribution in [0.3, 0.4) is 0 Å². The molecule has 0 aromatic heterocycles. The summed E-state index contributed by atoms with van der Waals surface area (Å²) in [7, 11) is 1.78. The smallest absolute Gasteiger partial charge is 0.208 e. The number of nitrogens with zero attached hydrogens (tertiary/aromatic N) is 2. The molecular weight excluding hydrogens is 176 g/mol. The molecule has 1 atom stereocenters. The first-order chi connectivity index (χ1) is 6.83. The first-order valence-electron chi connectivity index (χ1n) is 5.53. The summed E-state index contributed by atoms with van der Waals surface area (Å²) in [6.45, 7) is 3.31. The van der Waals surface area contributed by atoms with E-state index in [9.17, 15) is 0 Å². The summed E-state index contributed by atoms with van der Waals surface area (Å²) in [4.78, 5) is 6.48. The highest BCUT2D eigenvalue weighted by Gasteiger charge is 2.23. The quantitative estimate of drug-likeness (QED) is 0.302. The second-order valence-corrected chi connectivity index (χ2v) is 3.82. The predicted molar refractivity (Wildman–Crippen MR) is 59.9 cm³/mol. The van der Waals surface area contributed by atoms with Crippen molar-refractivity contribution < 1.29 is 0 Å². The Hall–Kier alpha value is -0.770. The lowest BCUT2D eigenvalue weighted by Gasteiger charge is -2.37. The number of nitrogens with two attached hydrogens (primary N) is 1. The molecule has 4 nitrogen and oxygen atoms in total. The van der Waals surface area contributed by atoms with Gasteiger partial charge in [-0.3, -0.25) is 10.4 Å². The number of guanidine groups is 1. The van der Waals surface area contributed by atoms with E-state index in [1.54, 1.807) is 7.05 Å². The van der Waals surface area contributed by atoms with Crippen molar-refractivity contribution in [3.63, 3.8) is 0 Å². The van der Waals surface area contributed by atoms with Crippen molar-refractivity contribution >= 4 is 5.96 Å². The lowest BCUT2D eigenvalue weighted by molar-refractivity contribution is 0.222. The van der Waals surface area contributed by atoms with Crippen LogP contribution in [0.2, 0.25) is 0 Å². The van der Waals surface area contributed by atoms with E-state index in [4.69, 9.17) is 5.84 Å². The zero-order valence-corrected chi connectivity index (χ0v) is 9.29. The Kier molecular flexibility index (Phi) is 4.73. The van der Waals surface area contributed by atoms with Crippen LogP contribution in [-0.4, -0.2) is 30.5 Å². The summed E-state index contributed by atoms with van der Waals surface area (Å²) >= 11 is 0. The lowest BCUT2D eigenvalue weighted by Crippen LogP contribution is -2.51. The average Bonchev–Trinajstić information content (AvgIpc) is 2.23. The first kappa shape index (κ1) is 11.3. The minimum absolute atomic E-state index is 0.628. The molecule has 0 aromatic carbocycles. The zero-order valence-electron chi connectivity index (χ0n) is 9.29. The molecule has 0 bridgehead atoms. The monoisotopic (exact) mass is 198 g/mol. The highest BCUT2D eigenvalue weighted by molar-refractivity contribution is 5.79. The Labute approximate surface area is 86.5 Å². The number of hydrogen-bond acceptors (Lipinski definition) is 2. The van der Waals surface area contributed by atoms with Gasteiger partial charge in [0.1, 0.15) is 0 Å². The number of hydrazine groups is 1. The summed E-state index contributed by atoms with van der Waals surface area (Å²) in [5, 5.41) is 0. The SMILES string of the molecule is CCCC1CCCCN1C(=NC)NN. The zero-order chi connectivity index (χ0) is 10.4. The van der Waals surface area contributed by atoms with Gasteiger partial charge in [-0.25, -0.2) is 5.84 Å². The topological polar surface area (TPSA) is 53.6 Å². The first-order valence-corrected chi connectivity index (χ1v) is 5.53. The molecule has 14 heavy (non-hydrogen) atoms. The average molecular weight is 198 g/mol. The molecule has 0 radical (unpaired) electrons. The van der Waals surface area contributed by atoms with E-state index in [1.165, 1.54) is 32.1 Å². The summed E-state index contributed by atoms with van der Waals surface area (Å²) < 4.78 is 0. The van der Waals surface area contributed by atoms with Crippen molar-refractivity contribution in [2.24, 2.45) is 10.8 Å². The molecule has 82 valence electrons. The lowest BCUT2D eigenvalue weighted by atomic mass is 9.99. The molecule has 0 spiro atoms. The van der Waals surface area contributed by atoms with Gasteiger partial charge in [-0.2, -0.15) is 0 Å². The van der Waals surface area contributed by atoms with Gasteiger partial charge in [0, 0.05) is 19.6 Å². The minimum Gasteiger partial charge on any atom is -0.339 e. The predicted octanol–water partition coefficient (Wildman–Crippen LogP) is 1.09. The van der Waals surface area contributed by atoms with Gasteiger partial charge < -0.3 is 4.90 Å². The Morgan fingerprint density at radius 3 is 2.93 bits per heavy atom. The van der Waals surface area contributed by atoms with Crippen molar-refractivity contribution in [2.45, 2.75) is 45.1 Å². The van der Waals surface area contributed by atoms with Gasteiger partial charge in [0.25, 0.3) is 0 Å². The Balaban J connectivity index is 2.61. The van der Waals surface area contributed by atoms with E-state index in [0.717, 1.165) is 12.5 Å². The van der Waals surface area contributed by atoms with Gasteiger partial charge in [-0.15, -0.1) is 0 Å². The summed E-state index contributed by atoms with van der Waals surface area (Å²) in [6, 6.07) is 0.628. The number of hydrogen-bond donors (Lipinski definition) is 2. The molecular formula is C10H22N4. The molecule has 1 fully saturated rings. The summed E-state index contributed by atoms with van der Waals surface area (Å²) in [5.41, 5.74) is 2.69. The van der Waals surface area contributed by atoms with Gasteiger partial charge in [0.15, 0.2) is 0 Å². The van der Waals surface area contributed by atoms with E-state index < -0.39 is 0 Å². The summed E-state index contributed by atoms with van der Waals surface area (Å²) in [6.07, 6.45) is 6.32. The van der Waals surface area contributed by atoms with Gasteiger partial charge >= 0.3 is 0 Å². The van der Waals surface area contributed by atoms with Crippen molar-refractivity contribution in [2.75, 3.05) is 13.6 Å². The van der Waals surface area contributed by atoms with Crippen LogP contribution in [0.4, 0.5) is 0 Å². The van der Waals surface area contributed by atoms with E-state index in [2.05, 4.69) is 22.2 Å². The van der Waals surface area contributed by atoms with Crippen molar-refractivity contribution in [1.82, 2.24) is 10.3 Å². The Morgan fingerprint density at radius 1 is 1.57 bits per heavy atom. The molecule has 1 saturated heterocycles. The second-order valence-electron chi connectivity index (χ2n) is 3.82. The van der Waals surface area contributed by atoms with Gasteiger partial charge in [0.2, 0.25) is 5.96 Å². The molecule has 0 aromatic rings. The normalized spacial score (nSPS) is 23.8. The van der Waals surface area contributed by atoms with Gasteiger partial charge in [-0.05, 0) is 25.7 Å². The molecule has 1 heterocycles. The molecule has 4 heteroatoms. The number of likely N-dealkylation sites (tertiary alicyclic amines) is 1. The molecule has 0 saturated carbocycles. The maximum Gasteiger partial charge on any atom is 0.208 e. The number of aliphatic imine (C=N–C) groups is 1. The van der Waals surface area contributed by atoms with E-state index in [0.29, 0.717) is 6.04 Å². The van der Waals surface area contributed by atoms with Crippen LogP contribution in [-0.2, 0) is 0 Å². The second kappa shape index (κ2) is 5.86. The highest BCUT2D eigenvalue weighted by Crippen LogP contribution is 2.20. The molecule has 1 unspecified atom stereocenters. The molecule has 0 aliphatic carbocycles. The number of rotatable bonds is 2. The Bertz CT molecular complexity index is 189. The molecule has 1 aliphatic heterocycles. The minimum atomic E-state index is 0.628. The van der Waals surface area contributed by atoms with Crippen molar-refractivity contribution in [1.29, 1.82) is 0 Å². The molecule has 1 rings (SSSR count). The fourth-order valence-electron chi connectivity index (χ4n) is 2.19. The van der Waals surface area contributed by atoms with Gasteiger partial charge in [-0.1, -0.05) is 13.3 Å². The van der Waals surface area contributed by atoms with Crippen LogP contribution in [0.5, 0.6) is 0 Å². The van der Waals surface area contributed by atoms with Crippen LogP contribution in [0.15, 0.2) is 4.99 Å². The third-order valence-electron chi connectivity index (χ3n) is 2.86. The molecule has 3 N–H and O–H groups in total. The van der Waals surface area contributed by atoms with E-state index in [-0.39, 0.29) is 0 Å². The van der Waals surface area contributed by atoms with E-state index >= 15 is 0 Å².